The van der Waals surface area contributed by atoms with Crippen LogP contribution in [0.25, 0.3) is 0 Å². The van der Waals surface area contributed by atoms with Crippen LogP contribution in [0, 0.1) is 0 Å². The standard InChI is InChI=1S/C67H131NO5/c1-3-5-7-9-11-13-15-17-19-21-23-24-25-26-27-28-31-35-39-43-47-51-55-59-65(70)64(63-69)68-66(71)60-56-52-48-44-40-36-32-30-34-38-42-46-50-54-58-62-73-67(72)61-57-53-49-45-41-37-33-29-22-20-18-16-14-12-10-8-6-4-2/h55,59,64-65,69-70H,3-54,56-58,60-63H2,1-2H3,(H,68,71)/b59-55+. The molecule has 0 radical (unpaired) electrons. The highest BCUT2D eigenvalue weighted by molar-refractivity contribution is 5.76. The molecule has 0 heterocycles. The van der Waals surface area contributed by atoms with Crippen LogP contribution in [0.3, 0.4) is 0 Å². The highest BCUT2D eigenvalue weighted by Gasteiger charge is 2.18. The third kappa shape index (κ3) is 59.7. The monoisotopic (exact) mass is 1030 g/mol. The lowest BCUT2D eigenvalue weighted by Gasteiger charge is -2.20. The fourth-order valence-corrected chi connectivity index (χ4v) is 10.7. The first-order valence-corrected chi connectivity index (χ1v) is 33.5. The number of unbranched alkanes of at least 4 members (excludes halogenated alkanes) is 52. The van der Waals surface area contributed by atoms with Gasteiger partial charge in [-0.2, -0.15) is 0 Å². The van der Waals surface area contributed by atoms with E-state index in [0.29, 0.717) is 19.4 Å². The van der Waals surface area contributed by atoms with Crippen molar-refractivity contribution in [1.29, 1.82) is 0 Å². The van der Waals surface area contributed by atoms with Crippen LogP contribution >= 0.6 is 0 Å². The summed E-state index contributed by atoms with van der Waals surface area (Å²) < 4.78 is 5.50. The van der Waals surface area contributed by atoms with E-state index < -0.39 is 12.1 Å². The van der Waals surface area contributed by atoms with Crippen molar-refractivity contribution in [3.05, 3.63) is 12.2 Å². The topological polar surface area (TPSA) is 95.9 Å². The molecular formula is C67H131NO5. The number of aliphatic hydroxyl groups excluding tert-OH is 2. The number of allylic oxidation sites excluding steroid dienone is 1. The number of carbonyl (C=O) groups excluding carboxylic acids is 2. The van der Waals surface area contributed by atoms with Gasteiger partial charge in [0, 0.05) is 12.8 Å². The molecule has 0 saturated carbocycles. The largest absolute Gasteiger partial charge is 0.466 e. The molecule has 0 aromatic heterocycles. The Morgan fingerprint density at radius 3 is 0.932 bits per heavy atom. The van der Waals surface area contributed by atoms with Gasteiger partial charge >= 0.3 is 5.97 Å². The lowest BCUT2D eigenvalue weighted by atomic mass is 10.0. The zero-order valence-electron chi connectivity index (χ0n) is 49.6. The van der Waals surface area contributed by atoms with Crippen LogP contribution in [-0.2, 0) is 14.3 Å². The number of carbonyl (C=O) groups is 2. The van der Waals surface area contributed by atoms with Gasteiger partial charge in [-0.1, -0.05) is 347 Å². The number of ether oxygens (including phenoxy) is 1. The van der Waals surface area contributed by atoms with E-state index in [1.165, 1.54) is 308 Å². The van der Waals surface area contributed by atoms with Crippen LogP contribution in [0.5, 0.6) is 0 Å². The zero-order chi connectivity index (χ0) is 52.9. The number of hydrogen-bond donors (Lipinski definition) is 3. The summed E-state index contributed by atoms with van der Waals surface area (Å²) >= 11 is 0. The average Bonchev–Trinajstić information content (AvgIpc) is 3.39. The van der Waals surface area contributed by atoms with E-state index in [1.54, 1.807) is 6.08 Å². The molecule has 0 saturated heterocycles. The lowest BCUT2D eigenvalue weighted by Crippen LogP contribution is -2.45. The normalized spacial score (nSPS) is 12.5. The molecular weight excluding hydrogens is 899 g/mol. The van der Waals surface area contributed by atoms with E-state index in [0.717, 1.165) is 44.9 Å². The van der Waals surface area contributed by atoms with E-state index >= 15 is 0 Å². The first-order valence-electron chi connectivity index (χ1n) is 33.5. The molecule has 0 bridgehead atoms. The molecule has 0 spiro atoms. The molecule has 0 aliphatic rings. The Hall–Kier alpha value is -1.40. The van der Waals surface area contributed by atoms with Gasteiger partial charge < -0.3 is 20.3 Å². The molecule has 0 rings (SSSR count). The van der Waals surface area contributed by atoms with Crippen molar-refractivity contribution in [3.8, 4) is 0 Å². The third-order valence-electron chi connectivity index (χ3n) is 15.8. The number of amides is 1. The molecule has 73 heavy (non-hydrogen) atoms. The average molecular weight is 1030 g/mol. The Kier molecular flexibility index (Phi) is 61.9. The summed E-state index contributed by atoms with van der Waals surface area (Å²) in [5.74, 6) is -0.0664. The number of aliphatic hydroxyl groups is 2. The van der Waals surface area contributed by atoms with Crippen LogP contribution in [0.4, 0.5) is 0 Å². The second-order valence-electron chi connectivity index (χ2n) is 23.2. The molecule has 0 aliphatic carbocycles. The first-order chi connectivity index (χ1) is 36.0. The summed E-state index contributed by atoms with van der Waals surface area (Å²) in [5, 5.41) is 23.2. The van der Waals surface area contributed by atoms with E-state index in [1.807, 2.05) is 6.08 Å². The van der Waals surface area contributed by atoms with Gasteiger partial charge in [-0.3, -0.25) is 9.59 Å². The number of esters is 1. The van der Waals surface area contributed by atoms with Gasteiger partial charge in [0.2, 0.25) is 5.91 Å². The molecule has 0 aromatic rings. The number of hydrogen-bond acceptors (Lipinski definition) is 5. The third-order valence-corrected chi connectivity index (χ3v) is 15.8. The maximum Gasteiger partial charge on any atom is 0.305 e. The van der Waals surface area contributed by atoms with E-state index in [4.69, 9.17) is 4.74 Å². The fourth-order valence-electron chi connectivity index (χ4n) is 10.7. The van der Waals surface area contributed by atoms with Gasteiger partial charge in [0.15, 0.2) is 0 Å². The SMILES string of the molecule is CCCCCCCCCCCCCCCCCCCCCCC/C=C/C(O)C(CO)NC(=O)CCCCCCCCCCCCCCCCCOC(=O)CCCCCCCCCCCCCCCCCCCC. The second kappa shape index (κ2) is 63.1. The summed E-state index contributed by atoms with van der Waals surface area (Å²) in [7, 11) is 0. The minimum absolute atomic E-state index is 0.00526. The van der Waals surface area contributed by atoms with Crippen molar-refractivity contribution < 1.29 is 24.5 Å². The van der Waals surface area contributed by atoms with E-state index in [2.05, 4.69) is 19.2 Å². The minimum atomic E-state index is -0.851. The molecule has 0 aliphatic heterocycles. The Balaban J connectivity index is 3.43. The van der Waals surface area contributed by atoms with Gasteiger partial charge in [0.25, 0.3) is 0 Å². The highest BCUT2D eigenvalue weighted by atomic mass is 16.5. The molecule has 1 amide bonds. The predicted octanol–water partition coefficient (Wildman–Crippen LogP) is 21.2. The second-order valence-corrected chi connectivity index (χ2v) is 23.2. The number of nitrogens with one attached hydrogen (secondary N) is 1. The summed E-state index contributed by atoms with van der Waals surface area (Å²) in [5.41, 5.74) is 0. The summed E-state index contributed by atoms with van der Waals surface area (Å²) in [6.07, 6.45) is 76.9. The molecule has 6 nitrogen and oxygen atoms in total. The molecule has 0 fully saturated rings. The quantitative estimate of drug-likeness (QED) is 0.0320. The molecule has 2 atom stereocenters. The van der Waals surface area contributed by atoms with Crippen molar-refractivity contribution >= 4 is 11.9 Å². The Morgan fingerprint density at radius 1 is 0.370 bits per heavy atom. The van der Waals surface area contributed by atoms with Crippen LogP contribution in [0.2, 0.25) is 0 Å². The Bertz CT molecular complexity index is 1100. The van der Waals surface area contributed by atoms with Crippen molar-refractivity contribution in [3.63, 3.8) is 0 Å². The Morgan fingerprint density at radius 2 is 0.630 bits per heavy atom. The Labute approximate surface area is 457 Å². The molecule has 2 unspecified atom stereocenters. The molecule has 6 heteroatoms. The first kappa shape index (κ1) is 71.6. The minimum Gasteiger partial charge on any atom is -0.466 e. The van der Waals surface area contributed by atoms with Gasteiger partial charge in [0.1, 0.15) is 0 Å². The predicted molar refractivity (Wildman–Crippen MR) is 320 cm³/mol. The van der Waals surface area contributed by atoms with Crippen molar-refractivity contribution in [2.45, 2.75) is 392 Å². The van der Waals surface area contributed by atoms with Crippen LogP contribution in [0.1, 0.15) is 380 Å². The maximum absolute atomic E-state index is 12.5. The summed E-state index contributed by atoms with van der Waals surface area (Å²) in [6.45, 7) is 4.93. The smallest absolute Gasteiger partial charge is 0.305 e. The van der Waals surface area contributed by atoms with E-state index in [-0.39, 0.29) is 18.5 Å². The van der Waals surface area contributed by atoms with E-state index in [9.17, 15) is 19.8 Å². The maximum atomic E-state index is 12.5. The zero-order valence-corrected chi connectivity index (χ0v) is 49.6. The van der Waals surface area contributed by atoms with Gasteiger partial charge in [0.05, 0.1) is 25.4 Å². The van der Waals surface area contributed by atoms with Crippen LogP contribution < -0.4 is 5.32 Å². The summed E-state index contributed by atoms with van der Waals surface area (Å²) in [6, 6.07) is -0.635. The van der Waals surface area contributed by atoms with Crippen molar-refractivity contribution in [2.75, 3.05) is 13.2 Å². The van der Waals surface area contributed by atoms with Crippen LogP contribution in [0.15, 0.2) is 12.2 Å². The fraction of sp³-hybridized carbons (Fsp3) is 0.940. The van der Waals surface area contributed by atoms with Gasteiger partial charge in [-0.15, -0.1) is 0 Å². The van der Waals surface area contributed by atoms with Crippen molar-refractivity contribution in [1.82, 2.24) is 5.32 Å². The molecule has 3 N–H and O–H groups in total. The highest BCUT2D eigenvalue weighted by Crippen LogP contribution is 2.19. The van der Waals surface area contributed by atoms with Crippen LogP contribution in [-0.4, -0.2) is 47.4 Å². The number of rotatable bonds is 63. The summed E-state index contributed by atoms with van der Waals surface area (Å²) in [4.78, 5) is 24.6. The lowest BCUT2D eigenvalue weighted by molar-refractivity contribution is -0.143. The molecule has 0 aromatic carbocycles. The van der Waals surface area contributed by atoms with Crippen molar-refractivity contribution in [2.24, 2.45) is 0 Å². The molecule has 434 valence electrons. The van der Waals surface area contributed by atoms with Gasteiger partial charge in [-0.25, -0.2) is 0 Å². The van der Waals surface area contributed by atoms with Gasteiger partial charge in [-0.05, 0) is 32.1 Å².